The number of nitrogens with zero attached hydrogens (tertiary/aromatic N) is 2. The Kier molecular flexibility index (Phi) is 9.48. The van der Waals surface area contributed by atoms with E-state index in [0.29, 0.717) is 31.4 Å². The molecule has 3 fully saturated rings. The first-order valence-electron chi connectivity index (χ1n) is 11.0. The van der Waals surface area contributed by atoms with Crippen LogP contribution in [0, 0.1) is 0 Å². The number of para-hydroxylation sites is 1. The number of ether oxygens (including phenoxy) is 3. The average molecular weight is 530 g/mol. The molecule has 2 N–H and O–H groups in total. The number of benzene rings is 1. The Labute approximate surface area is 196 Å². The van der Waals surface area contributed by atoms with E-state index in [-0.39, 0.29) is 24.0 Å². The predicted octanol–water partition coefficient (Wildman–Crippen LogP) is 2.39. The Hall–Kier alpha value is -1.10. The molecule has 3 aliphatic heterocycles. The molecule has 0 aromatic heterocycles. The van der Waals surface area contributed by atoms with Crippen molar-refractivity contribution in [1.29, 1.82) is 0 Å². The van der Waals surface area contributed by atoms with Crippen molar-refractivity contribution in [3.63, 3.8) is 0 Å². The number of rotatable bonds is 8. The topological polar surface area (TPSA) is 67.4 Å². The van der Waals surface area contributed by atoms with Crippen LogP contribution in [0.3, 0.4) is 0 Å². The van der Waals surface area contributed by atoms with Gasteiger partial charge in [0.1, 0.15) is 12.4 Å². The molecule has 1 aromatic carbocycles. The fraction of sp³-hybridized carbons (Fsp3) is 0.682. The molecular formula is C22H35IN4O3. The zero-order valence-electron chi connectivity index (χ0n) is 17.8. The molecule has 0 aliphatic carbocycles. The van der Waals surface area contributed by atoms with Crippen molar-refractivity contribution in [1.82, 2.24) is 15.5 Å². The lowest BCUT2D eigenvalue weighted by Gasteiger charge is -2.26. The number of hydrogen-bond acceptors (Lipinski definition) is 5. The number of morpholine rings is 1. The van der Waals surface area contributed by atoms with Crippen LogP contribution in [0.15, 0.2) is 29.3 Å². The van der Waals surface area contributed by atoms with Crippen molar-refractivity contribution in [3.05, 3.63) is 29.8 Å². The highest BCUT2D eigenvalue weighted by Gasteiger charge is 2.41. The van der Waals surface area contributed by atoms with Crippen LogP contribution in [0.1, 0.15) is 31.7 Å². The van der Waals surface area contributed by atoms with Gasteiger partial charge in [0.05, 0.1) is 38.0 Å². The molecule has 7 nitrogen and oxygen atoms in total. The molecule has 0 spiro atoms. The van der Waals surface area contributed by atoms with Crippen LogP contribution in [0.25, 0.3) is 0 Å². The molecule has 2 bridgehead atoms. The maximum atomic E-state index is 6.09. The summed E-state index contributed by atoms with van der Waals surface area (Å²) in [5.41, 5.74) is 1.11. The molecule has 3 saturated heterocycles. The van der Waals surface area contributed by atoms with Crippen molar-refractivity contribution in [2.24, 2.45) is 4.99 Å². The number of halogens is 1. The quantitative estimate of drug-likeness (QED) is 0.306. The summed E-state index contributed by atoms with van der Waals surface area (Å²) in [5.74, 6) is 1.78. The lowest BCUT2D eigenvalue weighted by molar-refractivity contribution is 0.0322. The van der Waals surface area contributed by atoms with E-state index in [1.165, 1.54) is 6.42 Å². The van der Waals surface area contributed by atoms with E-state index in [2.05, 4.69) is 28.5 Å². The third kappa shape index (κ3) is 6.45. The van der Waals surface area contributed by atoms with E-state index in [1.807, 2.05) is 18.2 Å². The van der Waals surface area contributed by atoms with Gasteiger partial charge in [-0.05, 0) is 32.3 Å². The van der Waals surface area contributed by atoms with E-state index in [0.717, 1.165) is 69.5 Å². The number of aliphatic imine (C=N–C) groups is 1. The van der Waals surface area contributed by atoms with Crippen LogP contribution in [-0.4, -0.2) is 75.1 Å². The second-order valence-electron chi connectivity index (χ2n) is 7.97. The van der Waals surface area contributed by atoms with Crippen LogP contribution >= 0.6 is 24.0 Å². The van der Waals surface area contributed by atoms with Crippen LogP contribution in [0.4, 0.5) is 0 Å². The van der Waals surface area contributed by atoms with Gasteiger partial charge in [0.25, 0.3) is 0 Å². The number of fused-ring (bicyclic) bond motifs is 2. The molecule has 3 aliphatic rings. The zero-order chi connectivity index (χ0) is 19.9. The standard InChI is InChI=1S/C22H34N4O3.HI/c1-2-23-22(25-19-15-18-7-8-21(19)29-18)24-16-17-5-3-4-6-20(17)28-14-11-26-9-12-27-13-10-26;/h3-6,18-19,21H,2,7-16H2,1H3,(H2,23,24,25);1H. The lowest BCUT2D eigenvalue weighted by Crippen LogP contribution is -2.47. The average Bonchev–Trinajstić information content (AvgIpc) is 3.37. The summed E-state index contributed by atoms with van der Waals surface area (Å²) in [6, 6.07) is 8.56. The Morgan fingerprint density at radius 1 is 1.23 bits per heavy atom. The maximum Gasteiger partial charge on any atom is 0.191 e. The van der Waals surface area contributed by atoms with Gasteiger partial charge in [-0.25, -0.2) is 4.99 Å². The summed E-state index contributed by atoms with van der Waals surface area (Å²) in [5, 5.41) is 6.95. The Morgan fingerprint density at radius 2 is 2.07 bits per heavy atom. The van der Waals surface area contributed by atoms with Gasteiger partial charge in [-0.15, -0.1) is 24.0 Å². The summed E-state index contributed by atoms with van der Waals surface area (Å²) >= 11 is 0. The van der Waals surface area contributed by atoms with Crippen molar-refractivity contribution >= 4 is 29.9 Å². The van der Waals surface area contributed by atoms with Crippen LogP contribution in [0.5, 0.6) is 5.75 Å². The van der Waals surface area contributed by atoms with Gasteiger partial charge in [0.2, 0.25) is 0 Å². The van der Waals surface area contributed by atoms with Gasteiger partial charge in [0.15, 0.2) is 5.96 Å². The number of guanidine groups is 1. The molecule has 0 amide bonds. The van der Waals surface area contributed by atoms with Crippen LogP contribution in [0.2, 0.25) is 0 Å². The Morgan fingerprint density at radius 3 is 2.80 bits per heavy atom. The molecule has 3 atom stereocenters. The smallest absolute Gasteiger partial charge is 0.191 e. The van der Waals surface area contributed by atoms with Crippen molar-refractivity contribution in [2.75, 3.05) is 46.0 Å². The number of nitrogens with one attached hydrogen (secondary N) is 2. The van der Waals surface area contributed by atoms with E-state index in [9.17, 15) is 0 Å². The minimum atomic E-state index is 0. The van der Waals surface area contributed by atoms with E-state index < -0.39 is 0 Å². The molecule has 8 heteroatoms. The molecule has 4 rings (SSSR count). The lowest BCUT2D eigenvalue weighted by atomic mass is 9.96. The zero-order valence-corrected chi connectivity index (χ0v) is 20.2. The second kappa shape index (κ2) is 12.1. The molecule has 168 valence electrons. The summed E-state index contributed by atoms with van der Waals surface area (Å²) in [6.45, 7) is 8.74. The summed E-state index contributed by atoms with van der Waals surface area (Å²) in [6.07, 6.45) is 4.20. The highest BCUT2D eigenvalue weighted by molar-refractivity contribution is 14.0. The van der Waals surface area contributed by atoms with Gasteiger partial charge in [0, 0.05) is 31.7 Å². The van der Waals surface area contributed by atoms with Crippen LogP contribution in [-0.2, 0) is 16.0 Å². The largest absolute Gasteiger partial charge is 0.492 e. The first kappa shape index (κ1) is 23.6. The van der Waals surface area contributed by atoms with Crippen molar-refractivity contribution < 1.29 is 14.2 Å². The Balaban J connectivity index is 0.00000256. The molecular weight excluding hydrogens is 495 g/mol. The minimum Gasteiger partial charge on any atom is -0.492 e. The summed E-state index contributed by atoms with van der Waals surface area (Å²) in [4.78, 5) is 7.21. The van der Waals surface area contributed by atoms with Crippen molar-refractivity contribution in [2.45, 2.75) is 51.0 Å². The molecule has 0 saturated carbocycles. The minimum absolute atomic E-state index is 0. The highest BCUT2D eigenvalue weighted by atomic mass is 127. The van der Waals surface area contributed by atoms with Gasteiger partial charge in [-0.2, -0.15) is 0 Å². The predicted molar refractivity (Wildman–Crippen MR) is 129 cm³/mol. The molecule has 30 heavy (non-hydrogen) atoms. The van der Waals surface area contributed by atoms with Gasteiger partial charge in [-0.3, -0.25) is 4.90 Å². The molecule has 3 unspecified atom stereocenters. The first-order valence-corrected chi connectivity index (χ1v) is 11.0. The fourth-order valence-electron chi connectivity index (χ4n) is 4.33. The molecule has 1 aromatic rings. The van der Waals surface area contributed by atoms with Gasteiger partial charge < -0.3 is 24.8 Å². The first-order chi connectivity index (χ1) is 14.3. The van der Waals surface area contributed by atoms with E-state index in [1.54, 1.807) is 0 Å². The SMILES string of the molecule is CCNC(=NCc1ccccc1OCCN1CCOCC1)NC1CC2CCC1O2.I. The van der Waals surface area contributed by atoms with Gasteiger partial charge in [-0.1, -0.05) is 18.2 Å². The molecule has 3 heterocycles. The third-order valence-corrected chi connectivity index (χ3v) is 5.92. The second-order valence-corrected chi connectivity index (χ2v) is 7.97. The maximum absolute atomic E-state index is 6.09. The van der Waals surface area contributed by atoms with Crippen molar-refractivity contribution in [3.8, 4) is 5.75 Å². The van der Waals surface area contributed by atoms with E-state index >= 15 is 0 Å². The normalized spacial score (nSPS) is 26.3. The molecule has 0 radical (unpaired) electrons. The monoisotopic (exact) mass is 530 g/mol. The fourth-order valence-corrected chi connectivity index (χ4v) is 4.33. The van der Waals surface area contributed by atoms with E-state index in [4.69, 9.17) is 19.2 Å². The Bertz CT molecular complexity index is 684. The highest BCUT2D eigenvalue weighted by Crippen LogP contribution is 2.34. The van der Waals surface area contributed by atoms with Gasteiger partial charge >= 0.3 is 0 Å². The summed E-state index contributed by atoms with van der Waals surface area (Å²) < 4.78 is 17.5. The third-order valence-electron chi connectivity index (χ3n) is 5.92. The number of hydrogen-bond donors (Lipinski definition) is 2. The summed E-state index contributed by atoms with van der Waals surface area (Å²) in [7, 11) is 0. The van der Waals surface area contributed by atoms with Crippen LogP contribution < -0.4 is 15.4 Å².